The Morgan fingerprint density at radius 2 is 2.31 bits per heavy atom. The molecule has 1 atom stereocenters. The highest BCUT2D eigenvalue weighted by atomic mass is 35.5. The third-order valence-corrected chi connectivity index (χ3v) is 3.24. The zero-order chi connectivity index (χ0) is 12.2. The lowest BCUT2D eigenvalue weighted by atomic mass is 10.0. The molecule has 0 spiro atoms. The Labute approximate surface area is 101 Å². The second-order valence-electron chi connectivity index (χ2n) is 4.19. The lowest BCUT2D eigenvalue weighted by Gasteiger charge is -2.27. The summed E-state index contributed by atoms with van der Waals surface area (Å²) in [5.41, 5.74) is 1.10. The molecule has 0 radical (unpaired) electrons. The van der Waals surface area contributed by atoms with Crippen LogP contribution in [0.5, 0.6) is 0 Å². The molecule has 0 aliphatic rings. The Morgan fingerprint density at radius 3 is 2.81 bits per heavy atom. The smallest absolute Gasteiger partial charge is 0.251 e. The summed E-state index contributed by atoms with van der Waals surface area (Å²) in [5, 5.41) is 2.94. The molecule has 1 amide bonds. The Hall–Kier alpha value is -1.09. The average molecular weight is 241 g/mol. The molecule has 1 aromatic heterocycles. The number of amides is 1. The van der Waals surface area contributed by atoms with Gasteiger partial charge in [-0.15, -0.1) is 11.6 Å². The van der Waals surface area contributed by atoms with E-state index < -0.39 is 0 Å². The molecule has 0 bridgehead atoms. The minimum absolute atomic E-state index is 0.101. The Bertz CT molecular complexity index is 375. The molecule has 88 valence electrons. The fraction of sp³-hybridized carbons (Fsp3) is 0.500. The van der Waals surface area contributed by atoms with Gasteiger partial charge in [-0.3, -0.25) is 9.78 Å². The quantitative estimate of drug-likeness (QED) is 0.822. The van der Waals surface area contributed by atoms with Crippen LogP contribution < -0.4 is 5.32 Å². The summed E-state index contributed by atoms with van der Waals surface area (Å²) in [6.45, 7) is 5.80. The Kier molecular flexibility index (Phi) is 4.30. The Morgan fingerprint density at radius 1 is 1.62 bits per heavy atom. The number of pyridine rings is 1. The van der Waals surface area contributed by atoms with Crippen molar-refractivity contribution in [3.63, 3.8) is 0 Å². The van der Waals surface area contributed by atoms with Gasteiger partial charge in [-0.05, 0) is 32.4 Å². The van der Waals surface area contributed by atoms with E-state index in [-0.39, 0.29) is 11.4 Å². The van der Waals surface area contributed by atoms with Crippen molar-refractivity contribution >= 4 is 17.5 Å². The minimum Gasteiger partial charge on any atom is -0.346 e. The van der Waals surface area contributed by atoms with Gasteiger partial charge in [0.05, 0.1) is 5.54 Å². The number of halogens is 1. The van der Waals surface area contributed by atoms with E-state index in [4.69, 9.17) is 11.6 Å². The highest BCUT2D eigenvalue weighted by molar-refractivity contribution is 6.18. The summed E-state index contributed by atoms with van der Waals surface area (Å²) in [6.07, 6.45) is 2.43. The maximum absolute atomic E-state index is 11.9. The van der Waals surface area contributed by atoms with E-state index >= 15 is 0 Å². The first-order valence-corrected chi connectivity index (χ1v) is 5.85. The number of nitrogens with zero attached hydrogens (tertiary/aromatic N) is 1. The number of hydrogen-bond donors (Lipinski definition) is 1. The van der Waals surface area contributed by atoms with Crippen molar-refractivity contribution in [2.75, 3.05) is 5.88 Å². The number of aromatic nitrogens is 1. The first-order valence-electron chi connectivity index (χ1n) is 5.32. The molecule has 16 heavy (non-hydrogen) atoms. The molecular formula is C12H17ClN2O. The molecule has 1 N–H and O–H groups in total. The molecule has 1 aromatic rings. The molecule has 1 unspecified atom stereocenters. The van der Waals surface area contributed by atoms with E-state index in [2.05, 4.69) is 10.3 Å². The second kappa shape index (κ2) is 5.30. The number of alkyl halides is 1. The summed E-state index contributed by atoms with van der Waals surface area (Å²) in [7, 11) is 0. The maximum Gasteiger partial charge on any atom is 0.251 e. The number of aryl methyl sites for hydroxylation is 1. The first kappa shape index (κ1) is 13.0. The van der Waals surface area contributed by atoms with Crippen molar-refractivity contribution in [2.24, 2.45) is 0 Å². The van der Waals surface area contributed by atoms with Crippen LogP contribution in [-0.2, 0) is 0 Å². The van der Waals surface area contributed by atoms with Crippen LogP contribution in [0.1, 0.15) is 36.3 Å². The van der Waals surface area contributed by atoms with Crippen LogP contribution in [0, 0.1) is 6.92 Å². The van der Waals surface area contributed by atoms with E-state index in [0.29, 0.717) is 11.4 Å². The Balaban J connectivity index is 2.80. The number of hydrogen-bond acceptors (Lipinski definition) is 2. The predicted octanol–water partition coefficient (Wildman–Crippen LogP) is 2.53. The van der Waals surface area contributed by atoms with Crippen LogP contribution in [-0.4, -0.2) is 22.3 Å². The standard InChI is InChI=1S/C12H17ClN2O/c1-4-12(3,8-13)15-11(16)10-5-6-14-9(2)7-10/h5-7H,4,8H2,1-3H3,(H,15,16). The zero-order valence-electron chi connectivity index (χ0n) is 9.88. The van der Waals surface area contributed by atoms with Crippen LogP contribution >= 0.6 is 11.6 Å². The summed E-state index contributed by atoms with van der Waals surface area (Å²) >= 11 is 5.84. The van der Waals surface area contributed by atoms with Crippen molar-refractivity contribution < 1.29 is 4.79 Å². The average Bonchev–Trinajstić information content (AvgIpc) is 2.29. The van der Waals surface area contributed by atoms with Crippen LogP contribution in [0.4, 0.5) is 0 Å². The van der Waals surface area contributed by atoms with Crippen LogP contribution in [0.15, 0.2) is 18.3 Å². The summed E-state index contributed by atoms with van der Waals surface area (Å²) in [4.78, 5) is 16.0. The van der Waals surface area contributed by atoms with Crippen molar-refractivity contribution in [1.29, 1.82) is 0 Å². The lowest BCUT2D eigenvalue weighted by molar-refractivity contribution is 0.0912. The first-order chi connectivity index (χ1) is 7.50. The SMILES string of the molecule is CCC(C)(CCl)NC(=O)c1ccnc(C)c1. The predicted molar refractivity (Wildman–Crippen MR) is 65.9 cm³/mol. The van der Waals surface area contributed by atoms with Gasteiger partial charge >= 0.3 is 0 Å². The summed E-state index contributed by atoms with van der Waals surface area (Å²) in [6, 6.07) is 3.46. The fourth-order valence-corrected chi connectivity index (χ4v) is 1.51. The fourth-order valence-electron chi connectivity index (χ4n) is 1.25. The minimum atomic E-state index is -0.351. The molecule has 4 heteroatoms. The molecule has 1 heterocycles. The normalized spacial score (nSPS) is 14.2. The number of rotatable bonds is 4. The van der Waals surface area contributed by atoms with Crippen molar-refractivity contribution in [1.82, 2.24) is 10.3 Å². The van der Waals surface area contributed by atoms with E-state index in [1.165, 1.54) is 0 Å². The van der Waals surface area contributed by atoms with Gasteiger partial charge in [0.1, 0.15) is 0 Å². The molecule has 0 fully saturated rings. The molecule has 0 aliphatic heterocycles. The number of carbonyl (C=O) groups excluding carboxylic acids is 1. The summed E-state index contributed by atoms with van der Waals surface area (Å²) < 4.78 is 0. The van der Waals surface area contributed by atoms with Crippen LogP contribution in [0.25, 0.3) is 0 Å². The van der Waals surface area contributed by atoms with Gasteiger partial charge in [0.2, 0.25) is 0 Å². The molecule has 0 saturated carbocycles. The van der Waals surface area contributed by atoms with Crippen LogP contribution in [0.3, 0.4) is 0 Å². The van der Waals surface area contributed by atoms with E-state index in [0.717, 1.165) is 12.1 Å². The molecule has 0 aliphatic carbocycles. The van der Waals surface area contributed by atoms with Gasteiger partial charge in [0, 0.05) is 23.3 Å². The van der Waals surface area contributed by atoms with Crippen molar-refractivity contribution in [3.8, 4) is 0 Å². The molecule has 0 saturated heterocycles. The lowest BCUT2D eigenvalue weighted by Crippen LogP contribution is -2.47. The highest BCUT2D eigenvalue weighted by Gasteiger charge is 2.23. The van der Waals surface area contributed by atoms with Crippen LogP contribution in [0.2, 0.25) is 0 Å². The monoisotopic (exact) mass is 240 g/mol. The topological polar surface area (TPSA) is 42.0 Å². The zero-order valence-corrected chi connectivity index (χ0v) is 10.6. The van der Waals surface area contributed by atoms with Gasteiger partial charge in [-0.1, -0.05) is 6.92 Å². The third kappa shape index (κ3) is 3.20. The molecule has 0 aromatic carbocycles. The highest BCUT2D eigenvalue weighted by Crippen LogP contribution is 2.12. The largest absolute Gasteiger partial charge is 0.346 e. The second-order valence-corrected chi connectivity index (χ2v) is 4.46. The summed E-state index contributed by atoms with van der Waals surface area (Å²) in [5.74, 6) is 0.301. The van der Waals surface area contributed by atoms with Crippen molar-refractivity contribution in [3.05, 3.63) is 29.6 Å². The molecule has 3 nitrogen and oxygen atoms in total. The molecule has 1 rings (SSSR count). The molecular weight excluding hydrogens is 224 g/mol. The number of carbonyl (C=O) groups is 1. The maximum atomic E-state index is 11.9. The van der Waals surface area contributed by atoms with E-state index in [1.807, 2.05) is 20.8 Å². The van der Waals surface area contributed by atoms with Crippen molar-refractivity contribution in [2.45, 2.75) is 32.7 Å². The van der Waals surface area contributed by atoms with Gasteiger partial charge < -0.3 is 5.32 Å². The third-order valence-electron chi connectivity index (χ3n) is 2.65. The van der Waals surface area contributed by atoms with Gasteiger partial charge in [0.25, 0.3) is 5.91 Å². The van der Waals surface area contributed by atoms with E-state index in [9.17, 15) is 4.79 Å². The van der Waals surface area contributed by atoms with Gasteiger partial charge in [-0.25, -0.2) is 0 Å². The van der Waals surface area contributed by atoms with Gasteiger partial charge in [-0.2, -0.15) is 0 Å². The number of nitrogens with one attached hydrogen (secondary N) is 1. The van der Waals surface area contributed by atoms with Gasteiger partial charge in [0.15, 0.2) is 0 Å². The van der Waals surface area contributed by atoms with E-state index in [1.54, 1.807) is 18.3 Å².